The van der Waals surface area contributed by atoms with E-state index in [1.165, 1.54) is 6.07 Å². The molecule has 1 aromatic rings. The first-order valence-electron chi connectivity index (χ1n) is 7.32. The second-order valence-electron chi connectivity index (χ2n) is 5.78. The first-order valence-corrected chi connectivity index (χ1v) is 7.32. The van der Waals surface area contributed by atoms with Crippen molar-refractivity contribution in [3.05, 3.63) is 35.6 Å². The molecule has 0 bridgehead atoms. The second kappa shape index (κ2) is 8.35. The third kappa shape index (κ3) is 4.97. The maximum absolute atomic E-state index is 13.6. The van der Waals surface area contributed by atoms with Gasteiger partial charge in [-0.3, -0.25) is 4.79 Å². The van der Waals surface area contributed by atoms with E-state index in [2.05, 4.69) is 17.6 Å². The van der Waals surface area contributed by atoms with E-state index in [9.17, 15) is 9.18 Å². The molecule has 1 fully saturated rings. The number of carbonyl (C=O) groups is 1. The molecule has 118 valence electrons. The van der Waals surface area contributed by atoms with Crippen LogP contribution in [0.4, 0.5) is 4.39 Å². The molecule has 0 spiro atoms. The number of amides is 1. The minimum Gasteiger partial charge on any atom is -0.353 e. The summed E-state index contributed by atoms with van der Waals surface area (Å²) in [4.78, 5) is 12.2. The van der Waals surface area contributed by atoms with Crippen LogP contribution in [0, 0.1) is 17.7 Å². The van der Waals surface area contributed by atoms with Gasteiger partial charge in [-0.25, -0.2) is 4.39 Å². The molecule has 5 heteroatoms. The summed E-state index contributed by atoms with van der Waals surface area (Å²) in [5, 5.41) is 6.42. The molecule has 1 aliphatic rings. The standard InChI is InChI=1S/C16H23FN2O.ClH/c1-11(9-13-5-3-4-6-14(13)17)16(20)19-15-7-8-18-10-12(15)2;/h3-6,11-12,15,18H,7-10H2,1-2H3,(H,19,20);1H. The summed E-state index contributed by atoms with van der Waals surface area (Å²) in [6.07, 6.45) is 1.40. The van der Waals surface area contributed by atoms with E-state index in [1.807, 2.05) is 6.92 Å². The molecule has 1 saturated heterocycles. The number of nitrogens with one attached hydrogen (secondary N) is 2. The third-order valence-electron chi connectivity index (χ3n) is 4.04. The summed E-state index contributed by atoms with van der Waals surface area (Å²) < 4.78 is 13.6. The molecule has 21 heavy (non-hydrogen) atoms. The Morgan fingerprint density at radius 1 is 1.48 bits per heavy atom. The number of hydrogen-bond acceptors (Lipinski definition) is 2. The zero-order valence-electron chi connectivity index (χ0n) is 12.6. The van der Waals surface area contributed by atoms with Crippen LogP contribution >= 0.6 is 12.4 Å². The monoisotopic (exact) mass is 314 g/mol. The molecular formula is C16H24ClFN2O. The highest BCUT2D eigenvalue weighted by Crippen LogP contribution is 2.15. The van der Waals surface area contributed by atoms with Crippen LogP contribution in [-0.4, -0.2) is 25.0 Å². The summed E-state index contributed by atoms with van der Waals surface area (Å²) in [5.74, 6) is 0.0109. The van der Waals surface area contributed by atoms with Crippen LogP contribution in [0.2, 0.25) is 0 Å². The summed E-state index contributed by atoms with van der Waals surface area (Å²) >= 11 is 0. The maximum atomic E-state index is 13.6. The SMILES string of the molecule is CC(Cc1ccccc1F)C(=O)NC1CCNCC1C.Cl. The largest absolute Gasteiger partial charge is 0.353 e. The van der Waals surface area contributed by atoms with Gasteiger partial charge in [-0.1, -0.05) is 32.0 Å². The topological polar surface area (TPSA) is 41.1 Å². The lowest BCUT2D eigenvalue weighted by Gasteiger charge is -2.31. The maximum Gasteiger partial charge on any atom is 0.223 e. The van der Waals surface area contributed by atoms with Gasteiger partial charge in [0.2, 0.25) is 5.91 Å². The Bertz CT molecular complexity index is 469. The van der Waals surface area contributed by atoms with Gasteiger partial charge in [-0.2, -0.15) is 0 Å². The van der Waals surface area contributed by atoms with Gasteiger partial charge in [0.25, 0.3) is 0 Å². The average molecular weight is 315 g/mol. The van der Waals surface area contributed by atoms with Gasteiger partial charge in [0.05, 0.1) is 0 Å². The Kier molecular flexibility index (Phi) is 7.12. The molecule has 1 aromatic carbocycles. The summed E-state index contributed by atoms with van der Waals surface area (Å²) in [6.45, 7) is 5.87. The Morgan fingerprint density at radius 3 is 2.86 bits per heavy atom. The van der Waals surface area contributed by atoms with E-state index < -0.39 is 0 Å². The summed E-state index contributed by atoms with van der Waals surface area (Å²) in [5.41, 5.74) is 0.605. The van der Waals surface area contributed by atoms with Crippen LogP contribution in [0.25, 0.3) is 0 Å². The van der Waals surface area contributed by atoms with Crippen molar-refractivity contribution < 1.29 is 9.18 Å². The molecule has 1 heterocycles. The lowest BCUT2D eigenvalue weighted by Crippen LogP contribution is -2.49. The fourth-order valence-electron chi connectivity index (χ4n) is 2.64. The van der Waals surface area contributed by atoms with Crippen LogP contribution in [0.1, 0.15) is 25.8 Å². The molecule has 0 saturated carbocycles. The minimum atomic E-state index is -0.234. The van der Waals surface area contributed by atoms with Crippen LogP contribution in [-0.2, 0) is 11.2 Å². The Labute approximate surface area is 132 Å². The van der Waals surface area contributed by atoms with Gasteiger partial charge in [0.15, 0.2) is 0 Å². The number of carbonyl (C=O) groups excluding carboxylic acids is 1. The predicted molar refractivity (Wildman–Crippen MR) is 85.1 cm³/mol. The van der Waals surface area contributed by atoms with E-state index >= 15 is 0 Å². The van der Waals surface area contributed by atoms with Crippen LogP contribution in [0.3, 0.4) is 0 Å². The van der Waals surface area contributed by atoms with E-state index in [-0.39, 0.29) is 36.1 Å². The molecule has 3 nitrogen and oxygen atoms in total. The van der Waals surface area contributed by atoms with Crippen molar-refractivity contribution in [3.63, 3.8) is 0 Å². The fourth-order valence-corrected chi connectivity index (χ4v) is 2.64. The van der Waals surface area contributed by atoms with Crippen molar-refractivity contribution in [1.82, 2.24) is 10.6 Å². The quantitative estimate of drug-likeness (QED) is 0.896. The number of rotatable bonds is 4. The second-order valence-corrected chi connectivity index (χ2v) is 5.78. The molecule has 3 atom stereocenters. The van der Waals surface area contributed by atoms with Crippen molar-refractivity contribution in [1.29, 1.82) is 0 Å². The number of halogens is 2. The van der Waals surface area contributed by atoms with Crippen molar-refractivity contribution in [3.8, 4) is 0 Å². The highest BCUT2D eigenvalue weighted by Gasteiger charge is 2.24. The smallest absolute Gasteiger partial charge is 0.223 e. The molecule has 3 unspecified atom stereocenters. The van der Waals surface area contributed by atoms with Gasteiger partial charge in [0.1, 0.15) is 5.82 Å². The van der Waals surface area contributed by atoms with E-state index in [1.54, 1.807) is 18.2 Å². The molecule has 1 amide bonds. The first kappa shape index (κ1) is 17.9. The fraction of sp³-hybridized carbons (Fsp3) is 0.562. The van der Waals surface area contributed by atoms with Crippen LogP contribution in [0.15, 0.2) is 24.3 Å². The van der Waals surface area contributed by atoms with Gasteiger partial charge < -0.3 is 10.6 Å². The number of benzene rings is 1. The number of piperidine rings is 1. The Hall–Kier alpha value is -1.13. The summed E-state index contributed by atoms with van der Waals surface area (Å²) in [6, 6.07) is 6.88. The van der Waals surface area contributed by atoms with Gasteiger partial charge >= 0.3 is 0 Å². The molecular weight excluding hydrogens is 291 g/mol. The van der Waals surface area contributed by atoms with E-state index in [4.69, 9.17) is 0 Å². The van der Waals surface area contributed by atoms with E-state index in [0.717, 1.165) is 19.5 Å². The zero-order valence-corrected chi connectivity index (χ0v) is 13.4. The molecule has 2 N–H and O–H groups in total. The van der Waals surface area contributed by atoms with Crippen molar-refractivity contribution in [2.75, 3.05) is 13.1 Å². The Balaban J connectivity index is 0.00000220. The summed E-state index contributed by atoms with van der Waals surface area (Å²) in [7, 11) is 0. The first-order chi connectivity index (χ1) is 9.58. The third-order valence-corrected chi connectivity index (χ3v) is 4.04. The Morgan fingerprint density at radius 2 is 2.19 bits per heavy atom. The van der Waals surface area contributed by atoms with Crippen LogP contribution in [0.5, 0.6) is 0 Å². The molecule has 1 aliphatic heterocycles. The van der Waals surface area contributed by atoms with Crippen molar-refractivity contribution in [2.45, 2.75) is 32.7 Å². The van der Waals surface area contributed by atoms with E-state index in [0.29, 0.717) is 17.9 Å². The van der Waals surface area contributed by atoms with Crippen LogP contribution < -0.4 is 10.6 Å². The molecule has 2 rings (SSSR count). The lowest BCUT2D eigenvalue weighted by molar-refractivity contribution is -0.125. The predicted octanol–water partition coefficient (Wildman–Crippen LogP) is 2.54. The van der Waals surface area contributed by atoms with Gasteiger partial charge in [-0.15, -0.1) is 12.4 Å². The minimum absolute atomic E-state index is 0. The highest BCUT2D eigenvalue weighted by molar-refractivity contribution is 5.85. The lowest BCUT2D eigenvalue weighted by atomic mass is 9.93. The average Bonchev–Trinajstić information content (AvgIpc) is 2.43. The van der Waals surface area contributed by atoms with Gasteiger partial charge in [0, 0.05) is 12.0 Å². The number of hydrogen-bond donors (Lipinski definition) is 2. The van der Waals surface area contributed by atoms with Gasteiger partial charge in [-0.05, 0) is 43.5 Å². The highest BCUT2D eigenvalue weighted by atomic mass is 35.5. The molecule has 0 aliphatic carbocycles. The van der Waals surface area contributed by atoms with Crippen molar-refractivity contribution in [2.24, 2.45) is 11.8 Å². The zero-order chi connectivity index (χ0) is 14.5. The molecule has 0 aromatic heterocycles. The molecule has 0 radical (unpaired) electrons. The normalized spacial score (nSPS) is 23.0. The van der Waals surface area contributed by atoms with Crippen molar-refractivity contribution >= 4 is 18.3 Å².